The quantitative estimate of drug-likeness (QED) is 0.619. The van der Waals surface area contributed by atoms with Crippen LogP contribution >= 0.6 is 0 Å². The molecule has 8 heteroatoms. The molecule has 0 aliphatic heterocycles. The molecule has 1 heterocycles. The molecule has 3 saturated carbocycles. The highest BCUT2D eigenvalue weighted by atomic mass is 19.1. The van der Waals surface area contributed by atoms with Crippen molar-refractivity contribution in [1.29, 1.82) is 0 Å². The van der Waals surface area contributed by atoms with Crippen LogP contribution < -0.4 is 14.8 Å². The SMILES string of the molecule is Cc1ccc(OCC(=O)NC23CC(c4nnc(Oc5ccccc5C)o4)(C2)C3)cc1F. The van der Waals surface area contributed by atoms with Gasteiger partial charge in [0.25, 0.3) is 5.91 Å². The third-order valence-electron chi connectivity index (χ3n) is 6.10. The molecule has 1 N–H and O–H groups in total. The lowest BCUT2D eigenvalue weighted by Gasteiger charge is -2.68. The molecule has 0 spiro atoms. The molecular formula is C23H22FN3O4. The number of amides is 1. The number of carbonyl (C=O) groups is 1. The van der Waals surface area contributed by atoms with E-state index in [1.807, 2.05) is 31.2 Å². The van der Waals surface area contributed by atoms with Crippen molar-refractivity contribution in [3.05, 3.63) is 65.3 Å². The lowest BCUT2D eigenvalue weighted by Crippen LogP contribution is -2.77. The highest BCUT2D eigenvalue weighted by molar-refractivity contribution is 5.79. The zero-order chi connectivity index (χ0) is 21.6. The van der Waals surface area contributed by atoms with E-state index in [1.165, 1.54) is 6.07 Å². The summed E-state index contributed by atoms with van der Waals surface area (Å²) in [6.45, 7) is 3.46. The average molecular weight is 423 g/mol. The zero-order valence-corrected chi connectivity index (χ0v) is 17.3. The summed E-state index contributed by atoms with van der Waals surface area (Å²) in [4.78, 5) is 12.3. The topological polar surface area (TPSA) is 86.5 Å². The number of hydrogen-bond donors (Lipinski definition) is 1. The van der Waals surface area contributed by atoms with E-state index in [0.29, 0.717) is 23.0 Å². The number of para-hydroxylation sites is 1. The highest BCUT2D eigenvalue weighted by Crippen LogP contribution is 2.67. The van der Waals surface area contributed by atoms with Crippen LogP contribution in [-0.4, -0.2) is 28.3 Å². The van der Waals surface area contributed by atoms with Crippen molar-refractivity contribution in [3.63, 3.8) is 0 Å². The van der Waals surface area contributed by atoms with Crippen LogP contribution in [0.2, 0.25) is 0 Å². The van der Waals surface area contributed by atoms with Gasteiger partial charge in [-0.05, 0) is 56.4 Å². The molecule has 0 radical (unpaired) electrons. The Bertz CT molecular complexity index is 1140. The van der Waals surface area contributed by atoms with Gasteiger partial charge in [0.2, 0.25) is 5.89 Å². The fourth-order valence-corrected chi connectivity index (χ4v) is 4.52. The molecule has 160 valence electrons. The molecule has 3 aliphatic carbocycles. The molecule has 1 aromatic heterocycles. The van der Waals surface area contributed by atoms with E-state index in [0.717, 1.165) is 24.8 Å². The lowest BCUT2D eigenvalue weighted by molar-refractivity contribution is -0.143. The first kappa shape index (κ1) is 19.5. The van der Waals surface area contributed by atoms with E-state index in [2.05, 4.69) is 15.5 Å². The first-order valence-corrected chi connectivity index (χ1v) is 10.1. The fraction of sp³-hybridized carbons (Fsp3) is 0.348. The molecular weight excluding hydrogens is 401 g/mol. The highest BCUT2D eigenvalue weighted by Gasteiger charge is 2.71. The number of rotatable bonds is 7. The second kappa shape index (κ2) is 7.08. The maximum Gasteiger partial charge on any atom is 0.420 e. The third-order valence-corrected chi connectivity index (χ3v) is 6.10. The van der Waals surface area contributed by atoms with Gasteiger partial charge in [0.1, 0.15) is 17.3 Å². The number of aryl methyl sites for hydroxylation is 2. The summed E-state index contributed by atoms with van der Waals surface area (Å²) >= 11 is 0. The van der Waals surface area contributed by atoms with Gasteiger partial charge in [0.05, 0.1) is 5.41 Å². The van der Waals surface area contributed by atoms with Crippen LogP contribution in [0.3, 0.4) is 0 Å². The Labute approximate surface area is 178 Å². The van der Waals surface area contributed by atoms with E-state index >= 15 is 0 Å². The Morgan fingerprint density at radius 1 is 1.13 bits per heavy atom. The van der Waals surface area contributed by atoms with Crippen LogP contribution in [0, 0.1) is 19.7 Å². The molecule has 3 aromatic rings. The fourth-order valence-electron chi connectivity index (χ4n) is 4.52. The smallest absolute Gasteiger partial charge is 0.420 e. The van der Waals surface area contributed by atoms with E-state index in [9.17, 15) is 9.18 Å². The van der Waals surface area contributed by atoms with E-state index in [1.54, 1.807) is 19.1 Å². The number of ether oxygens (including phenoxy) is 2. The van der Waals surface area contributed by atoms with Crippen molar-refractivity contribution < 1.29 is 23.1 Å². The summed E-state index contributed by atoms with van der Waals surface area (Å²) in [5.74, 6) is 0.957. The largest absolute Gasteiger partial charge is 0.484 e. The van der Waals surface area contributed by atoms with Crippen LogP contribution in [0.15, 0.2) is 46.9 Å². The van der Waals surface area contributed by atoms with E-state index in [-0.39, 0.29) is 35.4 Å². The predicted octanol–water partition coefficient (Wildman–Crippen LogP) is 3.99. The summed E-state index contributed by atoms with van der Waals surface area (Å²) in [5.41, 5.74) is 1.05. The monoisotopic (exact) mass is 423 g/mol. The zero-order valence-electron chi connectivity index (χ0n) is 17.3. The van der Waals surface area contributed by atoms with E-state index in [4.69, 9.17) is 13.9 Å². The van der Waals surface area contributed by atoms with Gasteiger partial charge >= 0.3 is 6.08 Å². The lowest BCUT2D eigenvalue weighted by atomic mass is 9.39. The molecule has 7 nitrogen and oxygen atoms in total. The standard InChI is InChI=1S/C23H22FN3O4/c1-14-7-8-16(9-17(14)24)29-10-19(28)25-23-11-22(12-23,13-23)20-26-27-21(31-20)30-18-6-4-3-5-15(18)2/h3-9H,10-13H2,1-2H3,(H,25,28). The van der Waals surface area contributed by atoms with Crippen molar-refractivity contribution in [2.24, 2.45) is 0 Å². The van der Waals surface area contributed by atoms with Gasteiger partial charge in [-0.1, -0.05) is 29.4 Å². The molecule has 31 heavy (non-hydrogen) atoms. The van der Waals surface area contributed by atoms with Crippen molar-refractivity contribution in [2.45, 2.75) is 44.1 Å². The Morgan fingerprint density at radius 2 is 1.90 bits per heavy atom. The molecule has 2 aromatic carbocycles. The minimum atomic E-state index is -0.357. The van der Waals surface area contributed by atoms with Crippen LogP contribution in [0.25, 0.3) is 0 Å². The Balaban J connectivity index is 1.14. The molecule has 0 unspecified atom stereocenters. The minimum Gasteiger partial charge on any atom is -0.484 e. The number of nitrogens with zero attached hydrogens (tertiary/aromatic N) is 2. The van der Waals surface area contributed by atoms with Crippen molar-refractivity contribution in [1.82, 2.24) is 15.5 Å². The van der Waals surface area contributed by atoms with Crippen molar-refractivity contribution in [3.8, 4) is 17.6 Å². The maximum absolute atomic E-state index is 13.6. The van der Waals surface area contributed by atoms with Gasteiger partial charge in [0.15, 0.2) is 6.61 Å². The Morgan fingerprint density at radius 3 is 2.65 bits per heavy atom. The van der Waals surface area contributed by atoms with Gasteiger partial charge in [0, 0.05) is 11.6 Å². The molecule has 0 atom stereocenters. The molecule has 3 aliphatic rings. The summed E-state index contributed by atoms with van der Waals surface area (Å²) in [6, 6.07) is 12.2. The Kier molecular flexibility index (Phi) is 4.46. The van der Waals surface area contributed by atoms with Crippen molar-refractivity contribution >= 4 is 5.91 Å². The van der Waals surface area contributed by atoms with Crippen LogP contribution in [0.5, 0.6) is 17.6 Å². The second-order valence-electron chi connectivity index (χ2n) is 8.58. The molecule has 2 bridgehead atoms. The summed E-state index contributed by atoms with van der Waals surface area (Å²) in [6.07, 6.45) is 2.32. The molecule has 0 saturated heterocycles. The van der Waals surface area contributed by atoms with Crippen LogP contribution in [0.1, 0.15) is 36.3 Å². The van der Waals surface area contributed by atoms with Gasteiger partial charge < -0.3 is 19.2 Å². The number of halogens is 1. The number of hydrogen-bond acceptors (Lipinski definition) is 6. The minimum absolute atomic E-state index is 0.117. The average Bonchev–Trinajstić information content (AvgIpc) is 3.14. The second-order valence-corrected chi connectivity index (χ2v) is 8.58. The normalized spacial score (nSPS) is 23.5. The first-order valence-electron chi connectivity index (χ1n) is 10.1. The first-order chi connectivity index (χ1) is 14.9. The third kappa shape index (κ3) is 3.52. The Hall–Kier alpha value is -3.42. The number of carbonyl (C=O) groups excluding carboxylic acids is 1. The molecule has 3 fully saturated rings. The summed E-state index contributed by atoms with van der Waals surface area (Å²) in [5, 5.41) is 11.2. The number of nitrogens with one attached hydrogen (secondary N) is 1. The predicted molar refractivity (Wildman–Crippen MR) is 109 cm³/mol. The van der Waals surface area contributed by atoms with Gasteiger partial charge in [-0.15, -0.1) is 5.10 Å². The van der Waals surface area contributed by atoms with Gasteiger partial charge in [-0.3, -0.25) is 4.79 Å². The molecule has 1 amide bonds. The summed E-state index contributed by atoms with van der Waals surface area (Å²) in [7, 11) is 0. The molecule has 6 rings (SSSR count). The maximum atomic E-state index is 13.6. The number of aromatic nitrogens is 2. The van der Waals surface area contributed by atoms with Crippen molar-refractivity contribution in [2.75, 3.05) is 6.61 Å². The summed E-state index contributed by atoms with van der Waals surface area (Å²) < 4.78 is 30.4. The van der Waals surface area contributed by atoms with Crippen LogP contribution in [-0.2, 0) is 10.2 Å². The van der Waals surface area contributed by atoms with Gasteiger partial charge in [-0.2, -0.15) is 0 Å². The van der Waals surface area contributed by atoms with Gasteiger partial charge in [-0.25, -0.2) is 4.39 Å². The number of benzene rings is 2. The van der Waals surface area contributed by atoms with E-state index < -0.39 is 0 Å². The van der Waals surface area contributed by atoms with Crippen LogP contribution in [0.4, 0.5) is 4.39 Å².